The molecule has 0 heterocycles. The molecule has 3 nitrogen and oxygen atoms in total. The standard InChI is InChI=1S/C12H17FN2O/c1-9(2)7-15-12(16)8-14-11-5-3-10(13)4-6-11/h3-6,9,14H,7-8H2,1-2H3,(H,15,16). The van der Waals surface area contributed by atoms with Gasteiger partial charge in [0.2, 0.25) is 5.91 Å². The van der Waals surface area contributed by atoms with Crippen LogP contribution in [0.15, 0.2) is 24.3 Å². The molecule has 1 aromatic rings. The van der Waals surface area contributed by atoms with Gasteiger partial charge in [-0.25, -0.2) is 4.39 Å². The lowest BCUT2D eigenvalue weighted by Gasteiger charge is -2.09. The summed E-state index contributed by atoms with van der Waals surface area (Å²) in [6.45, 7) is 4.95. The number of amides is 1. The van der Waals surface area contributed by atoms with E-state index in [9.17, 15) is 9.18 Å². The van der Waals surface area contributed by atoms with E-state index in [-0.39, 0.29) is 18.3 Å². The highest BCUT2D eigenvalue weighted by Crippen LogP contribution is 2.07. The molecule has 0 aliphatic rings. The monoisotopic (exact) mass is 224 g/mol. The van der Waals surface area contributed by atoms with E-state index in [0.717, 1.165) is 5.69 Å². The van der Waals surface area contributed by atoms with Crippen molar-refractivity contribution in [2.75, 3.05) is 18.4 Å². The molecular formula is C12H17FN2O. The Morgan fingerprint density at radius 1 is 1.31 bits per heavy atom. The van der Waals surface area contributed by atoms with Crippen LogP contribution in [0.5, 0.6) is 0 Å². The van der Waals surface area contributed by atoms with Crippen LogP contribution in [-0.4, -0.2) is 19.0 Å². The van der Waals surface area contributed by atoms with Crippen molar-refractivity contribution in [2.24, 2.45) is 5.92 Å². The summed E-state index contributed by atoms with van der Waals surface area (Å²) in [5.41, 5.74) is 0.737. The molecule has 0 spiro atoms. The molecule has 0 fully saturated rings. The van der Waals surface area contributed by atoms with Gasteiger partial charge in [0.1, 0.15) is 5.82 Å². The number of carbonyl (C=O) groups excluding carboxylic acids is 1. The van der Waals surface area contributed by atoms with Gasteiger partial charge >= 0.3 is 0 Å². The molecule has 1 rings (SSSR count). The molecule has 0 atom stereocenters. The normalized spacial score (nSPS) is 10.2. The van der Waals surface area contributed by atoms with Gasteiger partial charge in [-0.3, -0.25) is 4.79 Å². The topological polar surface area (TPSA) is 41.1 Å². The molecule has 4 heteroatoms. The molecule has 0 bridgehead atoms. The van der Waals surface area contributed by atoms with Gasteiger partial charge in [-0.2, -0.15) is 0 Å². The van der Waals surface area contributed by atoms with E-state index >= 15 is 0 Å². The molecule has 0 aromatic heterocycles. The van der Waals surface area contributed by atoms with Crippen LogP contribution in [0.1, 0.15) is 13.8 Å². The van der Waals surface area contributed by atoms with Crippen LogP contribution in [-0.2, 0) is 4.79 Å². The second-order valence-electron chi connectivity index (χ2n) is 4.06. The first-order valence-electron chi connectivity index (χ1n) is 5.34. The Bertz CT molecular complexity index is 335. The molecule has 2 N–H and O–H groups in total. The largest absolute Gasteiger partial charge is 0.376 e. The van der Waals surface area contributed by atoms with Gasteiger partial charge in [-0.05, 0) is 30.2 Å². The predicted octanol–water partition coefficient (Wildman–Crippen LogP) is 2.01. The third-order valence-corrected chi connectivity index (χ3v) is 2.00. The van der Waals surface area contributed by atoms with Gasteiger partial charge in [-0.1, -0.05) is 13.8 Å². The van der Waals surface area contributed by atoms with Crippen molar-refractivity contribution in [1.82, 2.24) is 5.32 Å². The smallest absolute Gasteiger partial charge is 0.239 e. The molecule has 0 saturated carbocycles. The first-order valence-corrected chi connectivity index (χ1v) is 5.34. The van der Waals surface area contributed by atoms with Crippen molar-refractivity contribution in [1.29, 1.82) is 0 Å². The molecule has 0 aliphatic carbocycles. The van der Waals surface area contributed by atoms with Gasteiger partial charge in [0.05, 0.1) is 6.54 Å². The zero-order valence-electron chi connectivity index (χ0n) is 9.59. The molecule has 1 amide bonds. The number of carbonyl (C=O) groups is 1. The molecule has 16 heavy (non-hydrogen) atoms. The number of benzene rings is 1. The van der Waals surface area contributed by atoms with Crippen LogP contribution >= 0.6 is 0 Å². The minimum Gasteiger partial charge on any atom is -0.376 e. The van der Waals surface area contributed by atoms with E-state index in [0.29, 0.717) is 12.5 Å². The van der Waals surface area contributed by atoms with Crippen molar-refractivity contribution < 1.29 is 9.18 Å². The number of rotatable bonds is 5. The maximum atomic E-state index is 12.6. The molecular weight excluding hydrogens is 207 g/mol. The molecule has 0 radical (unpaired) electrons. The van der Waals surface area contributed by atoms with Crippen molar-refractivity contribution in [3.05, 3.63) is 30.1 Å². The van der Waals surface area contributed by atoms with Crippen LogP contribution in [0.4, 0.5) is 10.1 Å². The third-order valence-electron chi connectivity index (χ3n) is 2.00. The Hall–Kier alpha value is -1.58. The summed E-state index contributed by atoms with van der Waals surface area (Å²) in [6.07, 6.45) is 0. The first kappa shape index (κ1) is 12.5. The lowest BCUT2D eigenvalue weighted by Crippen LogP contribution is -2.32. The fourth-order valence-electron chi connectivity index (χ4n) is 1.13. The maximum Gasteiger partial charge on any atom is 0.239 e. The fraction of sp³-hybridized carbons (Fsp3) is 0.417. The lowest BCUT2D eigenvalue weighted by atomic mass is 10.2. The van der Waals surface area contributed by atoms with Gasteiger partial charge in [0.25, 0.3) is 0 Å². The third kappa shape index (κ3) is 4.77. The molecule has 0 saturated heterocycles. The van der Waals surface area contributed by atoms with Gasteiger partial charge in [0, 0.05) is 12.2 Å². The molecule has 88 valence electrons. The zero-order chi connectivity index (χ0) is 12.0. The molecule has 0 aliphatic heterocycles. The highest BCUT2D eigenvalue weighted by Gasteiger charge is 2.01. The zero-order valence-corrected chi connectivity index (χ0v) is 9.59. The van der Waals surface area contributed by atoms with Crippen molar-refractivity contribution in [3.63, 3.8) is 0 Å². The summed E-state index contributed by atoms with van der Waals surface area (Å²) in [7, 11) is 0. The average molecular weight is 224 g/mol. The number of hydrogen-bond acceptors (Lipinski definition) is 2. The highest BCUT2D eigenvalue weighted by atomic mass is 19.1. The van der Waals surface area contributed by atoms with E-state index in [1.807, 2.05) is 13.8 Å². The summed E-state index contributed by atoms with van der Waals surface area (Å²) >= 11 is 0. The minimum atomic E-state index is -0.283. The Morgan fingerprint density at radius 2 is 1.94 bits per heavy atom. The second kappa shape index (κ2) is 6.10. The number of anilines is 1. The van der Waals surface area contributed by atoms with E-state index in [1.165, 1.54) is 12.1 Å². The van der Waals surface area contributed by atoms with Crippen LogP contribution < -0.4 is 10.6 Å². The van der Waals surface area contributed by atoms with Crippen molar-refractivity contribution >= 4 is 11.6 Å². The van der Waals surface area contributed by atoms with E-state index in [1.54, 1.807) is 12.1 Å². The van der Waals surface area contributed by atoms with E-state index < -0.39 is 0 Å². The first-order chi connectivity index (χ1) is 7.58. The van der Waals surface area contributed by atoms with Crippen molar-refractivity contribution in [3.8, 4) is 0 Å². The highest BCUT2D eigenvalue weighted by molar-refractivity contribution is 5.80. The van der Waals surface area contributed by atoms with Crippen LogP contribution in [0, 0.1) is 11.7 Å². The number of nitrogens with one attached hydrogen (secondary N) is 2. The van der Waals surface area contributed by atoms with E-state index in [4.69, 9.17) is 0 Å². The van der Waals surface area contributed by atoms with Crippen LogP contribution in [0.2, 0.25) is 0 Å². The van der Waals surface area contributed by atoms with Crippen LogP contribution in [0.25, 0.3) is 0 Å². The maximum absolute atomic E-state index is 12.6. The predicted molar refractivity (Wildman–Crippen MR) is 62.7 cm³/mol. The summed E-state index contributed by atoms with van der Waals surface area (Å²) in [5, 5.41) is 5.70. The SMILES string of the molecule is CC(C)CNC(=O)CNc1ccc(F)cc1. The Morgan fingerprint density at radius 3 is 2.50 bits per heavy atom. The number of halogens is 1. The van der Waals surface area contributed by atoms with Gasteiger partial charge in [0.15, 0.2) is 0 Å². The average Bonchev–Trinajstić information content (AvgIpc) is 2.25. The summed E-state index contributed by atoms with van der Waals surface area (Å²) in [5.74, 6) is 0.0996. The fourth-order valence-corrected chi connectivity index (χ4v) is 1.13. The Kier molecular flexibility index (Phi) is 4.76. The number of hydrogen-bond donors (Lipinski definition) is 2. The second-order valence-corrected chi connectivity index (χ2v) is 4.06. The molecule has 1 aromatic carbocycles. The lowest BCUT2D eigenvalue weighted by molar-refractivity contribution is -0.119. The summed E-state index contributed by atoms with van der Waals surface area (Å²) < 4.78 is 12.6. The van der Waals surface area contributed by atoms with Gasteiger partial charge in [-0.15, -0.1) is 0 Å². The Labute approximate surface area is 95.0 Å². The van der Waals surface area contributed by atoms with E-state index in [2.05, 4.69) is 10.6 Å². The Balaban J connectivity index is 2.29. The summed E-state index contributed by atoms with van der Waals surface area (Å²) in [4.78, 5) is 11.3. The molecule has 0 unspecified atom stereocenters. The van der Waals surface area contributed by atoms with Gasteiger partial charge < -0.3 is 10.6 Å². The quantitative estimate of drug-likeness (QED) is 0.803. The van der Waals surface area contributed by atoms with Crippen LogP contribution in [0.3, 0.4) is 0 Å². The summed E-state index contributed by atoms with van der Waals surface area (Å²) in [6, 6.07) is 5.92. The minimum absolute atomic E-state index is 0.0574. The van der Waals surface area contributed by atoms with Crippen molar-refractivity contribution in [2.45, 2.75) is 13.8 Å².